The second-order valence-corrected chi connectivity index (χ2v) is 21.2. The predicted octanol–water partition coefficient (Wildman–Crippen LogP) is 3.85. The number of hydrogen-bond donors (Lipinski definition) is 1. The van der Waals surface area contributed by atoms with Gasteiger partial charge in [-0.15, -0.1) is 0 Å². The number of ether oxygens (including phenoxy) is 1. The van der Waals surface area contributed by atoms with E-state index in [4.69, 9.17) is 4.74 Å². The van der Waals surface area contributed by atoms with E-state index in [9.17, 15) is 0 Å². The summed E-state index contributed by atoms with van der Waals surface area (Å²) in [4.78, 5) is 2.39. The van der Waals surface area contributed by atoms with Gasteiger partial charge in [0.25, 0.3) is 0 Å². The fourth-order valence-electron chi connectivity index (χ4n) is 7.00. The van der Waals surface area contributed by atoms with Crippen molar-refractivity contribution < 1.29 is 31.6 Å². The molecule has 0 bridgehead atoms. The highest BCUT2D eigenvalue weighted by molar-refractivity contribution is 7.99. The standard InChI is InChI=1S/C8H18NO.C8H18N.C7H17N2.C6H15N2.C6H14NS.C6H14N/c1-8(2)9(3)4-6-10-7-5-9;1-3-9(2)7-5-4-6-8-9;1-8-4-6-9(2,3)7-5-8;1-8(2)5-3-7-4-6-8;1-7(2)3-5-8-6-4-7;1-7(2)5-3-4-6-7/h8H,4-7H2,1-3H3;3-8H2,1-2H3;4-7H2,1-3H3;7H,3-6H2,1-2H3;3-6H2,1-2H3;3-6H2,1-2H3/q6*+1. The second-order valence-electron chi connectivity index (χ2n) is 20.0. The van der Waals surface area contributed by atoms with Crippen molar-refractivity contribution in [3.8, 4) is 0 Å². The molecular formula is C41H96N8OS+6. The zero-order valence-electron chi connectivity index (χ0n) is 37.4. The molecule has 6 aliphatic heterocycles. The van der Waals surface area contributed by atoms with Gasteiger partial charge in [0, 0.05) is 50.5 Å². The summed E-state index contributed by atoms with van der Waals surface area (Å²) in [5.41, 5.74) is 0. The molecule has 51 heavy (non-hydrogen) atoms. The summed E-state index contributed by atoms with van der Waals surface area (Å²) in [6, 6.07) is 0.740. The van der Waals surface area contributed by atoms with Crippen molar-refractivity contribution in [2.45, 2.75) is 58.9 Å². The Morgan fingerprint density at radius 1 is 0.549 bits per heavy atom. The Morgan fingerprint density at radius 2 is 0.961 bits per heavy atom. The van der Waals surface area contributed by atoms with Gasteiger partial charge in [-0.2, -0.15) is 11.8 Å². The van der Waals surface area contributed by atoms with Crippen molar-refractivity contribution >= 4 is 11.8 Å². The van der Waals surface area contributed by atoms with E-state index in [0.717, 1.165) is 19.3 Å². The Hall–Kier alpha value is -0.0100. The summed E-state index contributed by atoms with van der Waals surface area (Å²) in [6.07, 6.45) is 7.24. The number of hydrogen-bond acceptors (Lipinski definition) is 4. The molecule has 0 aromatic rings. The molecule has 0 unspecified atom stereocenters. The molecule has 9 nitrogen and oxygen atoms in total. The number of likely N-dealkylation sites (tertiary alicyclic amines) is 2. The maximum Gasteiger partial charge on any atom is 0.102 e. The summed E-state index contributed by atoms with van der Waals surface area (Å²) in [5.74, 6) is 2.71. The lowest BCUT2D eigenvalue weighted by Crippen LogP contribution is -2.56. The molecule has 0 radical (unpaired) electrons. The summed E-state index contributed by atoms with van der Waals surface area (Å²) < 4.78 is 12.7. The first kappa shape index (κ1) is 49.0. The minimum Gasteiger partial charge on any atom is -0.370 e. The number of likely N-dealkylation sites (N-methyl/N-ethyl adjacent to an activating group) is 4. The van der Waals surface area contributed by atoms with Crippen molar-refractivity contribution in [3.63, 3.8) is 0 Å². The maximum atomic E-state index is 5.30. The van der Waals surface area contributed by atoms with Crippen molar-refractivity contribution in [1.82, 2.24) is 10.2 Å². The molecule has 1 N–H and O–H groups in total. The van der Waals surface area contributed by atoms with E-state index in [2.05, 4.69) is 120 Å². The predicted molar refractivity (Wildman–Crippen MR) is 226 cm³/mol. The molecule has 0 aromatic carbocycles. The van der Waals surface area contributed by atoms with E-state index in [-0.39, 0.29) is 0 Å². The monoisotopic (exact) mass is 749 g/mol. The second kappa shape index (κ2) is 23.8. The van der Waals surface area contributed by atoms with Crippen LogP contribution in [0.25, 0.3) is 0 Å². The van der Waals surface area contributed by atoms with Gasteiger partial charge in [-0.05, 0) is 47.1 Å². The Morgan fingerprint density at radius 3 is 1.24 bits per heavy atom. The molecule has 6 saturated heterocycles. The molecule has 0 atom stereocenters. The highest BCUT2D eigenvalue weighted by atomic mass is 32.2. The summed E-state index contributed by atoms with van der Waals surface area (Å²) >= 11 is 2.08. The van der Waals surface area contributed by atoms with Crippen LogP contribution in [0, 0.1) is 0 Å². The van der Waals surface area contributed by atoms with E-state index in [0.29, 0.717) is 0 Å². The first-order valence-electron chi connectivity index (χ1n) is 21.1. The van der Waals surface area contributed by atoms with Gasteiger partial charge < -0.3 is 37.0 Å². The van der Waals surface area contributed by atoms with E-state index >= 15 is 0 Å². The van der Waals surface area contributed by atoms with Gasteiger partial charge in [0.15, 0.2) is 0 Å². The fraction of sp³-hybridized carbons (Fsp3) is 1.00. The minimum absolute atomic E-state index is 0.740. The van der Waals surface area contributed by atoms with Crippen LogP contribution in [-0.2, 0) is 4.74 Å². The van der Waals surface area contributed by atoms with E-state index in [1.807, 2.05) is 0 Å². The zero-order chi connectivity index (χ0) is 38.7. The van der Waals surface area contributed by atoms with Crippen molar-refractivity contribution in [3.05, 3.63) is 0 Å². The van der Waals surface area contributed by atoms with Gasteiger partial charge in [-0.3, -0.25) is 4.90 Å². The van der Waals surface area contributed by atoms with Crippen LogP contribution in [0.4, 0.5) is 0 Å². The molecule has 6 fully saturated rings. The van der Waals surface area contributed by atoms with Gasteiger partial charge in [-0.25, -0.2) is 0 Å². The first-order valence-corrected chi connectivity index (χ1v) is 22.3. The van der Waals surface area contributed by atoms with Crippen LogP contribution in [0.5, 0.6) is 0 Å². The van der Waals surface area contributed by atoms with Gasteiger partial charge in [0.1, 0.15) is 13.1 Å². The number of morpholine rings is 1. The lowest BCUT2D eigenvalue weighted by molar-refractivity contribution is -0.936. The summed E-state index contributed by atoms with van der Waals surface area (Å²) in [5, 5.41) is 3.32. The lowest BCUT2D eigenvalue weighted by atomic mass is 10.1. The molecule has 0 spiro atoms. The van der Waals surface area contributed by atoms with E-state index in [1.54, 1.807) is 0 Å². The third-order valence-electron chi connectivity index (χ3n) is 12.8. The number of rotatable bonds is 2. The SMILES string of the molecule is CC(C)[N+]1(C)CCOCC1.CC[N+]1(C)CCCCC1.CN1CC[N+](C)(C)CC1.C[N+]1(C)CCCC1.C[N+]1(C)CCNCC1.C[N+]1(C)CCSCC1. The Balaban J connectivity index is 0.000000307. The Labute approximate surface area is 325 Å². The highest BCUT2D eigenvalue weighted by Gasteiger charge is 2.28. The highest BCUT2D eigenvalue weighted by Crippen LogP contribution is 2.15. The minimum atomic E-state index is 0.740. The third-order valence-corrected chi connectivity index (χ3v) is 13.8. The van der Waals surface area contributed by atoms with Crippen molar-refractivity contribution in [2.75, 3.05) is 214 Å². The molecule has 0 aromatic heterocycles. The van der Waals surface area contributed by atoms with Crippen molar-refractivity contribution in [2.24, 2.45) is 0 Å². The van der Waals surface area contributed by atoms with Gasteiger partial charge >= 0.3 is 0 Å². The number of piperidine rings is 1. The van der Waals surface area contributed by atoms with Gasteiger partial charge in [0.2, 0.25) is 0 Å². The van der Waals surface area contributed by atoms with Crippen LogP contribution >= 0.6 is 11.8 Å². The van der Waals surface area contributed by atoms with E-state index < -0.39 is 0 Å². The number of nitrogens with zero attached hydrogens (tertiary/aromatic N) is 7. The molecule has 6 heterocycles. The number of piperazine rings is 2. The quantitative estimate of drug-likeness (QED) is 0.435. The third kappa shape index (κ3) is 23.5. The normalized spacial score (nSPS) is 27.1. The molecule has 0 saturated carbocycles. The molecule has 0 aliphatic carbocycles. The summed E-state index contributed by atoms with van der Waals surface area (Å²) in [6.45, 7) is 30.8. The maximum absolute atomic E-state index is 5.30. The van der Waals surface area contributed by atoms with Crippen LogP contribution in [0.2, 0.25) is 0 Å². The fourth-order valence-corrected chi connectivity index (χ4v) is 8.45. The van der Waals surface area contributed by atoms with Gasteiger partial charge in [-0.1, -0.05) is 0 Å². The molecule has 0 amide bonds. The van der Waals surface area contributed by atoms with Crippen LogP contribution < -0.4 is 5.32 Å². The smallest absolute Gasteiger partial charge is 0.102 e. The summed E-state index contributed by atoms with van der Waals surface area (Å²) in [7, 11) is 25.2. The Kier molecular flexibility index (Phi) is 22.9. The number of quaternary nitrogens is 6. The van der Waals surface area contributed by atoms with Gasteiger partial charge in [0.05, 0.1) is 162 Å². The largest absolute Gasteiger partial charge is 0.370 e. The van der Waals surface area contributed by atoms with E-state index in [1.165, 1.54) is 182 Å². The Bertz CT molecular complexity index is 829. The molecule has 6 rings (SSSR count). The number of thioether (sulfide) groups is 1. The van der Waals surface area contributed by atoms with Crippen LogP contribution in [0.15, 0.2) is 0 Å². The molecule has 306 valence electrons. The topological polar surface area (TPSA) is 24.5 Å². The van der Waals surface area contributed by atoms with Crippen LogP contribution in [-0.4, -0.2) is 251 Å². The average Bonchev–Trinajstić information content (AvgIpc) is 3.48. The average molecular weight is 749 g/mol. The first-order chi connectivity index (χ1) is 23.6. The molecule has 6 aliphatic rings. The number of nitrogens with one attached hydrogen (secondary N) is 1. The lowest BCUT2D eigenvalue weighted by Gasteiger charge is -2.41. The molecular weight excluding hydrogens is 653 g/mol. The molecule has 10 heteroatoms. The van der Waals surface area contributed by atoms with Crippen LogP contribution in [0.1, 0.15) is 52.9 Å². The zero-order valence-corrected chi connectivity index (χ0v) is 38.2. The van der Waals surface area contributed by atoms with Crippen LogP contribution in [0.3, 0.4) is 0 Å². The van der Waals surface area contributed by atoms with Crippen molar-refractivity contribution in [1.29, 1.82) is 0 Å².